The minimum atomic E-state index is -2.56. The molecule has 1 aromatic heterocycles. The fourth-order valence-electron chi connectivity index (χ4n) is 7.36. The van der Waals surface area contributed by atoms with Crippen LogP contribution in [0.3, 0.4) is 0 Å². The summed E-state index contributed by atoms with van der Waals surface area (Å²) >= 11 is 6.71. The summed E-state index contributed by atoms with van der Waals surface area (Å²) in [6.07, 6.45) is 1.52. The van der Waals surface area contributed by atoms with E-state index in [2.05, 4.69) is 44.3 Å². The van der Waals surface area contributed by atoms with E-state index in [0.29, 0.717) is 44.2 Å². The van der Waals surface area contributed by atoms with Gasteiger partial charge in [-0.15, -0.1) is 0 Å². The van der Waals surface area contributed by atoms with Crippen molar-refractivity contribution in [2.75, 3.05) is 56.1 Å². The van der Waals surface area contributed by atoms with Gasteiger partial charge in [-0.3, -0.25) is 9.69 Å². The number of carbonyl (C=O) groups excluding carboxylic acids is 1. The number of aromatic nitrogens is 2. The Bertz CT molecular complexity index is 1720. The van der Waals surface area contributed by atoms with E-state index in [9.17, 15) is 13.6 Å². The zero-order chi connectivity index (χ0) is 34.2. The molecule has 6 rings (SSSR count). The summed E-state index contributed by atoms with van der Waals surface area (Å²) in [5, 5.41) is 2.75. The Morgan fingerprint density at radius 3 is 2.65 bits per heavy atom. The summed E-state index contributed by atoms with van der Waals surface area (Å²) < 4.78 is 33.5. The predicted octanol–water partition coefficient (Wildman–Crippen LogP) is 6.10. The average Bonchev–Trinajstić information content (AvgIpc) is 3.05. The Morgan fingerprint density at radius 2 is 1.94 bits per heavy atom. The van der Waals surface area contributed by atoms with Crippen molar-refractivity contribution in [1.29, 1.82) is 0 Å². The second-order valence-electron chi connectivity index (χ2n) is 13.4. The van der Waals surface area contributed by atoms with Crippen molar-refractivity contribution in [3.8, 4) is 6.01 Å². The Labute approximate surface area is 285 Å². The Hall–Kier alpha value is -4.01. The second kappa shape index (κ2) is 13.8. The van der Waals surface area contributed by atoms with Gasteiger partial charge in [-0.25, -0.2) is 15.4 Å². The van der Waals surface area contributed by atoms with Gasteiger partial charge < -0.3 is 24.3 Å². The molecule has 1 amide bonds. The molecular formula is C36H42ClF2N7O2. The lowest BCUT2D eigenvalue weighted by atomic mass is 9.76. The number of hydrogen-bond donors (Lipinski definition) is 0. The van der Waals surface area contributed by atoms with Gasteiger partial charge in [0.05, 0.1) is 17.3 Å². The average molecular weight is 678 g/mol. The van der Waals surface area contributed by atoms with Crippen molar-refractivity contribution >= 4 is 39.8 Å². The van der Waals surface area contributed by atoms with Crippen LogP contribution in [0.1, 0.15) is 37.9 Å². The normalized spacial score (nSPS) is 20.5. The molecule has 0 bridgehead atoms. The molecule has 1 saturated heterocycles. The van der Waals surface area contributed by atoms with Gasteiger partial charge in [0.15, 0.2) is 0 Å². The molecule has 9 nitrogen and oxygen atoms in total. The van der Waals surface area contributed by atoms with E-state index >= 15 is 0 Å². The Balaban J connectivity index is 1.29. The molecule has 48 heavy (non-hydrogen) atoms. The van der Waals surface area contributed by atoms with Gasteiger partial charge in [0.25, 0.3) is 0 Å². The molecule has 12 heteroatoms. The number of hydrogen-bond acceptors (Lipinski definition) is 7. The largest absolute Gasteiger partial charge is 0.459 e. The number of alkyl halides is 2. The van der Waals surface area contributed by atoms with Crippen LogP contribution in [-0.2, 0) is 17.8 Å². The molecule has 1 aliphatic carbocycles. The van der Waals surface area contributed by atoms with Crippen molar-refractivity contribution in [2.45, 2.75) is 63.8 Å². The van der Waals surface area contributed by atoms with Gasteiger partial charge in [-0.2, -0.15) is 9.97 Å². The van der Waals surface area contributed by atoms with Crippen LogP contribution in [-0.4, -0.2) is 96.1 Å². The summed E-state index contributed by atoms with van der Waals surface area (Å²) in [5.41, 5.74) is 2.91. The lowest BCUT2D eigenvalue weighted by Gasteiger charge is -2.42. The SMILES string of the molecule is [C-]#[N+]C[C@H]1CN(c2nc(O[C@@H](C)CN(C)[C@H](C)C3CC(F)(F)C3)nc3c2CCN(c2cccc4cccc(Cl)c24)C3)CCN1C(=O)C=C. The number of anilines is 2. The number of carbonyl (C=O) groups is 1. The molecule has 0 spiro atoms. The molecule has 0 radical (unpaired) electrons. The van der Waals surface area contributed by atoms with E-state index in [1.54, 1.807) is 4.90 Å². The van der Waals surface area contributed by atoms with Crippen molar-refractivity contribution in [1.82, 2.24) is 19.8 Å². The van der Waals surface area contributed by atoms with Gasteiger partial charge in [-0.05, 0) is 56.8 Å². The molecule has 3 aliphatic rings. The van der Waals surface area contributed by atoms with Crippen LogP contribution in [0.4, 0.5) is 20.3 Å². The standard InChI is InChI=1S/C36H42ClF2N7O2/c1-6-32(47)46-16-15-45(21-27(46)19-40-4)34-28-13-14-44(31-12-8-10-25-9-7-11-29(37)33(25)31)22-30(28)41-35(42-34)48-23(2)20-43(5)24(3)26-17-36(38,39)18-26/h6-12,23-24,26-27H,1,13-22H2,2-3,5H3/t23-,24+,27-/m0/s1. The first-order chi connectivity index (χ1) is 23.0. The monoisotopic (exact) mass is 677 g/mol. The maximum absolute atomic E-state index is 13.6. The van der Waals surface area contributed by atoms with Gasteiger partial charge in [0.2, 0.25) is 18.4 Å². The number of halogens is 3. The lowest BCUT2D eigenvalue weighted by Crippen LogP contribution is -2.56. The van der Waals surface area contributed by atoms with Crippen molar-refractivity contribution in [3.05, 3.63) is 76.8 Å². The molecule has 3 aromatic rings. The minimum Gasteiger partial charge on any atom is -0.459 e. The number of piperazine rings is 1. The van der Waals surface area contributed by atoms with Gasteiger partial charge in [0, 0.05) is 68.2 Å². The minimum absolute atomic E-state index is 0.00859. The summed E-state index contributed by atoms with van der Waals surface area (Å²) in [6, 6.07) is 12.0. The molecular weight excluding hydrogens is 636 g/mol. The van der Waals surface area contributed by atoms with Crippen LogP contribution in [0.5, 0.6) is 6.01 Å². The van der Waals surface area contributed by atoms with Crippen LogP contribution >= 0.6 is 11.6 Å². The van der Waals surface area contributed by atoms with Crippen molar-refractivity contribution in [2.24, 2.45) is 5.92 Å². The Morgan fingerprint density at radius 1 is 1.19 bits per heavy atom. The molecule has 1 saturated carbocycles. The molecule has 254 valence electrons. The maximum atomic E-state index is 13.6. The zero-order valence-corrected chi connectivity index (χ0v) is 28.5. The third-order valence-electron chi connectivity index (χ3n) is 10.1. The number of nitrogens with zero attached hydrogens (tertiary/aromatic N) is 7. The van der Waals surface area contributed by atoms with Gasteiger partial charge >= 0.3 is 6.01 Å². The highest BCUT2D eigenvalue weighted by atomic mass is 35.5. The van der Waals surface area contributed by atoms with Gasteiger partial charge in [-0.1, -0.05) is 42.4 Å². The summed E-state index contributed by atoms with van der Waals surface area (Å²) in [4.78, 5) is 34.4. The summed E-state index contributed by atoms with van der Waals surface area (Å²) in [5.74, 6) is -2.03. The Kier molecular flexibility index (Phi) is 9.77. The first kappa shape index (κ1) is 33.9. The number of likely N-dealkylation sites (N-methyl/N-ethyl adjacent to an activating group) is 1. The summed E-state index contributed by atoms with van der Waals surface area (Å²) in [7, 11) is 1.94. The molecule has 3 atom stereocenters. The molecule has 2 aromatic carbocycles. The first-order valence-electron chi connectivity index (χ1n) is 16.6. The summed E-state index contributed by atoms with van der Waals surface area (Å²) in [6.45, 7) is 18.5. The molecule has 0 N–H and O–H groups in total. The fourth-order valence-corrected chi connectivity index (χ4v) is 7.64. The quantitative estimate of drug-likeness (QED) is 0.190. The van der Waals surface area contributed by atoms with E-state index in [0.717, 1.165) is 40.1 Å². The van der Waals surface area contributed by atoms with Crippen LogP contribution in [0, 0.1) is 12.5 Å². The smallest absolute Gasteiger partial charge is 0.318 e. The molecule has 2 fully saturated rings. The van der Waals surface area contributed by atoms with Crippen LogP contribution < -0.4 is 14.5 Å². The van der Waals surface area contributed by atoms with Crippen molar-refractivity contribution < 1.29 is 18.3 Å². The zero-order valence-electron chi connectivity index (χ0n) is 27.7. The van der Waals surface area contributed by atoms with E-state index < -0.39 is 5.92 Å². The fraction of sp³-hybridized carbons (Fsp3) is 0.500. The van der Waals surface area contributed by atoms with E-state index in [1.807, 2.05) is 39.1 Å². The molecule has 2 aliphatic heterocycles. The number of amides is 1. The molecule has 3 heterocycles. The highest BCUT2D eigenvalue weighted by Crippen LogP contribution is 2.45. The highest BCUT2D eigenvalue weighted by Gasteiger charge is 2.48. The van der Waals surface area contributed by atoms with Gasteiger partial charge in [0.1, 0.15) is 18.0 Å². The lowest BCUT2D eigenvalue weighted by molar-refractivity contribution is -0.129. The number of ether oxygens (including phenoxy) is 1. The van der Waals surface area contributed by atoms with Crippen LogP contribution in [0.25, 0.3) is 15.6 Å². The topological polar surface area (TPSA) is 69.4 Å². The van der Waals surface area contributed by atoms with E-state index in [1.165, 1.54) is 6.08 Å². The number of fused-ring (bicyclic) bond motifs is 2. The van der Waals surface area contributed by atoms with E-state index in [-0.39, 0.29) is 55.4 Å². The number of benzene rings is 2. The highest BCUT2D eigenvalue weighted by molar-refractivity contribution is 6.36. The van der Waals surface area contributed by atoms with Crippen molar-refractivity contribution in [3.63, 3.8) is 0 Å². The third kappa shape index (κ3) is 6.92. The first-order valence-corrected chi connectivity index (χ1v) is 16.9. The van der Waals surface area contributed by atoms with Crippen LogP contribution in [0.2, 0.25) is 5.02 Å². The predicted molar refractivity (Wildman–Crippen MR) is 185 cm³/mol. The third-order valence-corrected chi connectivity index (χ3v) is 10.4. The van der Waals surface area contributed by atoms with Crippen LogP contribution in [0.15, 0.2) is 49.1 Å². The maximum Gasteiger partial charge on any atom is 0.318 e. The number of rotatable bonds is 10. The molecule has 0 unspecified atom stereocenters. The van der Waals surface area contributed by atoms with E-state index in [4.69, 9.17) is 32.9 Å². The second-order valence-corrected chi connectivity index (χ2v) is 13.8.